The molecular weight excluding hydrogens is 410 g/mol. The molecule has 2 saturated heterocycles. The van der Waals surface area contributed by atoms with Crippen LogP contribution in [0.2, 0.25) is 0 Å². The maximum Gasteiger partial charge on any atom is 0.414 e. The summed E-state index contributed by atoms with van der Waals surface area (Å²) >= 11 is 0. The summed E-state index contributed by atoms with van der Waals surface area (Å²) in [7, 11) is 3.69. The van der Waals surface area contributed by atoms with Gasteiger partial charge in [-0.15, -0.1) is 0 Å². The molecule has 0 radical (unpaired) electrons. The van der Waals surface area contributed by atoms with Crippen LogP contribution in [0.25, 0.3) is 0 Å². The molecule has 0 atom stereocenters. The lowest BCUT2D eigenvalue weighted by Crippen LogP contribution is -2.52. The smallest absolute Gasteiger partial charge is 0.414 e. The molecular formula is C23H37N5O4. The van der Waals surface area contributed by atoms with Crippen LogP contribution in [-0.4, -0.2) is 85.8 Å². The molecule has 9 nitrogen and oxygen atoms in total. The predicted molar refractivity (Wildman–Crippen MR) is 127 cm³/mol. The molecule has 2 aliphatic rings. The minimum Gasteiger partial charge on any atom is -0.443 e. The molecule has 9 heteroatoms. The van der Waals surface area contributed by atoms with Crippen molar-refractivity contribution in [3.63, 3.8) is 0 Å². The van der Waals surface area contributed by atoms with E-state index in [4.69, 9.17) is 4.74 Å². The Bertz CT molecular complexity index is 838. The summed E-state index contributed by atoms with van der Waals surface area (Å²) in [5.41, 5.74) is 1.27. The summed E-state index contributed by atoms with van der Waals surface area (Å²) in [6, 6.07) is 3.92. The van der Waals surface area contributed by atoms with Gasteiger partial charge in [-0.2, -0.15) is 0 Å². The van der Waals surface area contributed by atoms with E-state index in [1.165, 1.54) is 11.9 Å². The zero-order valence-corrected chi connectivity index (χ0v) is 20.3. The Hall–Kier alpha value is -2.39. The molecule has 2 fully saturated rings. The van der Waals surface area contributed by atoms with Crippen LogP contribution >= 0.6 is 0 Å². The number of piperidine rings is 1. The molecule has 0 unspecified atom stereocenters. The molecule has 2 heterocycles. The van der Waals surface area contributed by atoms with Gasteiger partial charge in [0, 0.05) is 64.1 Å². The second-order valence-electron chi connectivity index (χ2n) is 9.98. The molecule has 1 aromatic rings. The quantitative estimate of drug-likeness (QED) is 0.516. The summed E-state index contributed by atoms with van der Waals surface area (Å²) < 4.78 is 5.43. The third kappa shape index (κ3) is 5.69. The number of amides is 1. The van der Waals surface area contributed by atoms with E-state index in [0.29, 0.717) is 6.04 Å². The number of rotatable bonds is 4. The Kier molecular flexibility index (Phi) is 7.29. The van der Waals surface area contributed by atoms with Gasteiger partial charge in [0.15, 0.2) is 0 Å². The standard InChI is InChI=1S/C23H37N5O4/c1-17-15-21(28(30)31)20(25(6)22(29)32-23(2,3)4)16-19(17)27-9-7-18(8-10-27)26-13-11-24(5)12-14-26/h15-16,18H,7-14H2,1-6H3. The number of nitro benzene ring substituents is 1. The van der Waals surface area contributed by atoms with Crippen LogP contribution in [0.4, 0.5) is 21.9 Å². The van der Waals surface area contributed by atoms with Crippen molar-refractivity contribution in [2.45, 2.75) is 52.2 Å². The highest BCUT2D eigenvalue weighted by Gasteiger charge is 2.30. The van der Waals surface area contributed by atoms with Crippen LogP contribution < -0.4 is 9.80 Å². The fourth-order valence-corrected chi connectivity index (χ4v) is 4.51. The molecule has 178 valence electrons. The van der Waals surface area contributed by atoms with E-state index in [9.17, 15) is 14.9 Å². The van der Waals surface area contributed by atoms with E-state index in [2.05, 4.69) is 21.7 Å². The molecule has 0 aromatic heterocycles. The summed E-state index contributed by atoms with van der Waals surface area (Å²) in [5.74, 6) is 0. The largest absolute Gasteiger partial charge is 0.443 e. The minimum absolute atomic E-state index is 0.0908. The third-order valence-electron chi connectivity index (χ3n) is 6.38. The molecule has 2 aliphatic heterocycles. The Morgan fingerprint density at radius 1 is 1.12 bits per heavy atom. The molecule has 32 heavy (non-hydrogen) atoms. The van der Waals surface area contributed by atoms with Crippen LogP contribution in [0, 0.1) is 17.0 Å². The summed E-state index contributed by atoms with van der Waals surface area (Å²) in [4.78, 5) is 32.4. The number of hydrogen-bond donors (Lipinski definition) is 0. The Morgan fingerprint density at radius 3 is 2.25 bits per heavy atom. The first-order valence-corrected chi connectivity index (χ1v) is 11.4. The number of nitrogens with zero attached hydrogens (tertiary/aromatic N) is 5. The number of anilines is 2. The van der Waals surface area contributed by atoms with Gasteiger partial charge in [-0.1, -0.05) is 0 Å². The van der Waals surface area contributed by atoms with Crippen molar-refractivity contribution in [3.8, 4) is 0 Å². The minimum atomic E-state index is -0.682. The highest BCUT2D eigenvalue weighted by Crippen LogP contribution is 2.37. The third-order valence-corrected chi connectivity index (χ3v) is 6.38. The van der Waals surface area contributed by atoms with Gasteiger partial charge >= 0.3 is 6.09 Å². The number of carbonyl (C=O) groups is 1. The van der Waals surface area contributed by atoms with Crippen LogP contribution in [0.1, 0.15) is 39.2 Å². The van der Waals surface area contributed by atoms with Crippen molar-refractivity contribution in [1.82, 2.24) is 9.80 Å². The average molecular weight is 448 g/mol. The second-order valence-corrected chi connectivity index (χ2v) is 9.98. The van der Waals surface area contributed by atoms with Gasteiger partial charge < -0.3 is 14.5 Å². The first-order chi connectivity index (χ1) is 15.0. The molecule has 0 bridgehead atoms. The van der Waals surface area contributed by atoms with Crippen molar-refractivity contribution in [2.75, 3.05) is 63.2 Å². The number of aryl methyl sites for hydroxylation is 1. The fourth-order valence-electron chi connectivity index (χ4n) is 4.51. The molecule has 0 saturated carbocycles. The van der Waals surface area contributed by atoms with E-state index in [-0.39, 0.29) is 11.4 Å². The SMILES string of the molecule is Cc1cc([N+](=O)[O-])c(N(C)C(=O)OC(C)(C)C)cc1N1CCC(N2CCN(C)CC2)CC1. The first-order valence-electron chi connectivity index (χ1n) is 11.4. The Morgan fingerprint density at radius 2 is 1.72 bits per heavy atom. The maximum absolute atomic E-state index is 12.6. The van der Waals surface area contributed by atoms with Gasteiger partial charge in [0.1, 0.15) is 11.3 Å². The molecule has 3 rings (SSSR count). The summed E-state index contributed by atoms with van der Waals surface area (Å²) in [6.07, 6.45) is 1.53. The lowest BCUT2D eigenvalue weighted by Gasteiger charge is -2.43. The van der Waals surface area contributed by atoms with Crippen LogP contribution in [0.3, 0.4) is 0 Å². The van der Waals surface area contributed by atoms with Crippen LogP contribution in [0.5, 0.6) is 0 Å². The Balaban J connectivity index is 1.78. The van der Waals surface area contributed by atoms with Gasteiger partial charge in [-0.05, 0) is 59.2 Å². The normalized spacial score (nSPS) is 19.1. The Labute approximate surface area is 191 Å². The molecule has 0 spiro atoms. The number of benzene rings is 1. The van der Waals surface area contributed by atoms with E-state index in [0.717, 1.165) is 63.4 Å². The van der Waals surface area contributed by atoms with Gasteiger partial charge in [0.2, 0.25) is 0 Å². The molecule has 1 aromatic carbocycles. The zero-order valence-electron chi connectivity index (χ0n) is 20.3. The molecule has 0 N–H and O–H groups in total. The van der Waals surface area contributed by atoms with Crippen molar-refractivity contribution in [3.05, 3.63) is 27.8 Å². The predicted octanol–water partition coefficient (Wildman–Crippen LogP) is 3.49. The molecule has 1 amide bonds. The van der Waals surface area contributed by atoms with Crippen molar-refractivity contribution in [1.29, 1.82) is 0 Å². The van der Waals surface area contributed by atoms with Crippen LogP contribution in [-0.2, 0) is 4.74 Å². The first kappa shape index (κ1) is 24.3. The van der Waals surface area contributed by atoms with E-state index in [1.54, 1.807) is 32.9 Å². The van der Waals surface area contributed by atoms with Gasteiger partial charge in [0.05, 0.1) is 4.92 Å². The highest BCUT2D eigenvalue weighted by molar-refractivity contribution is 5.92. The number of hydrogen-bond acceptors (Lipinski definition) is 7. The zero-order chi connectivity index (χ0) is 23.6. The molecule has 0 aliphatic carbocycles. The van der Waals surface area contributed by atoms with Gasteiger partial charge in [-0.3, -0.25) is 19.9 Å². The van der Waals surface area contributed by atoms with Crippen LogP contribution in [0.15, 0.2) is 12.1 Å². The summed E-state index contributed by atoms with van der Waals surface area (Å²) in [6.45, 7) is 13.5. The van der Waals surface area contributed by atoms with Crippen molar-refractivity contribution >= 4 is 23.2 Å². The number of likely N-dealkylation sites (N-methyl/N-ethyl adjacent to an activating group) is 1. The fraction of sp³-hybridized carbons (Fsp3) is 0.696. The monoisotopic (exact) mass is 447 g/mol. The van der Waals surface area contributed by atoms with E-state index < -0.39 is 16.6 Å². The summed E-state index contributed by atoms with van der Waals surface area (Å²) in [5, 5.41) is 11.7. The number of ether oxygens (including phenoxy) is 1. The lowest BCUT2D eigenvalue weighted by atomic mass is 10.00. The lowest BCUT2D eigenvalue weighted by molar-refractivity contribution is -0.384. The van der Waals surface area contributed by atoms with Crippen molar-refractivity contribution in [2.24, 2.45) is 0 Å². The topological polar surface area (TPSA) is 82.4 Å². The number of piperazine rings is 1. The van der Waals surface area contributed by atoms with Gasteiger partial charge in [-0.25, -0.2) is 4.79 Å². The number of carbonyl (C=O) groups excluding carboxylic acids is 1. The number of nitro groups is 1. The van der Waals surface area contributed by atoms with E-state index >= 15 is 0 Å². The van der Waals surface area contributed by atoms with E-state index in [1.807, 2.05) is 6.92 Å². The average Bonchev–Trinajstić information content (AvgIpc) is 2.72. The highest BCUT2D eigenvalue weighted by atomic mass is 16.6. The van der Waals surface area contributed by atoms with Gasteiger partial charge in [0.25, 0.3) is 5.69 Å². The van der Waals surface area contributed by atoms with Crippen molar-refractivity contribution < 1.29 is 14.5 Å². The second kappa shape index (κ2) is 9.62. The maximum atomic E-state index is 12.6.